The van der Waals surface area contributed by atoms with Crippen molar-refractivity contribution in [2.24, 2.45) is 0 Å². The van der Waals surface area contributed by atoms with Gasteiger partial charge in [-0.2, -0.15) is 0 Å². The fourth-order valence-corrected chi connectivity index (χ4v) is 2.93. The van der Waals surface area contributed by atoms with Crippen LogP contribution in [0.25, 0.3) is 6.08 Å². The molecule has 0 saturated carbocycles. The average Bonchev–Trinajstić information content (AvgIpc) is 2.83. The third kappa shape index (κ3) is 3.84. The van der Waals surface area contributed by atoms with Gasteiger partial charge in [0.15, 0.2) is 0 Å². The molecule has 1 heterocycles. The molecular weight excluding hydrogens is 375 g/mol. The maximum absolute atomic E-state index is 12.6. The molecule has 0 aromatic heterocycles. The second-order valence-corrected chi connectivity index (χ2v) is 6.81. The molecule has 3 rings (SSSR count). The highest BCUT2D eigenvalue weighted by Gasteiger charge is 2.34. The van der Waals surface area contributed by atoms with Crippen molar-refractivity contribution in [2.75, 3.05) is 4.90 Å². The van der Waals surface area contributed by atoms with Crippen molar-refractivity contribution in [2.45, 2.75) is 20.0 Å². The van der Waals surface area contributed by atoms with Gasteiger partial charge in [-0.1, -0.05) is 35.3 Å². The molecule has 0 atom stereocenters. The van der Waals surface area contributed by atoms with Gasteiger partial charge in [0, 0.05) is 5.02 Å². The molecule has 1 aliphatic heterocycles. The quantitative estimate of drug-likeness (QED) is 0.597. The number of carbonyl (C=O) groups excluding carboxylic acids is 2. The number of nitrogens with one attached hydrogen (secondary N) is 1. The smallest absolute Gasteiger partial charge is 0.333 e. The van der Waals surface area contributed by atoms with Crippen LogP contribution in [0, 0.1) is 0 Å². The number of benzene rings is 2. The van der Waals surface area contributed by atoms with E-state index >= 15 is 0 Å². The van der Waals surface area contributed by atoms with Crippen LogP contribution in [0.2, 0.25) is 10.0 Å². The minimum absolute atomic E-state index is 0.00124. The molecule has 3 amide bonds. The first-order valence-electron chi connectivity index (χ1n) is 7.94. The van der Waals surface area contributed by atoms with Gasteiger partial charge in [-0.3, -0.25) is 4.79 Å². The molecule has 0 unspecified atom stereocenters. The van der Waals surface area contributed by atoms with Gasteiger partial charge in [0.25, 0.3) is 5.91 Å². The van der Waals surface area contributed by atoms with Crippen molar-refractivity contribution in [3.05, 3.63) is 63.8 Å². The normalized spacial score (nSPS) is 15.7. The van der Waals surface area contributed by atoms with Crippen LogP contribution in [0.4, 0.5) is 10.5 Å². The van der Waals surface area contributed by atoms with Gasteiger partial charge in [0.05, 0.1) is 16.8 Å². The Bertz CT molecular complexity index is 909. The number of rotatable bonds is 4. The number of hydrogen-bond acceptors (Lipinski definition) is 3. The molecule has 1 fully saturated rings. The van der Waals surface area contributed by atoms with Crippen LogP contribution in [-0.4, -0.2) is 18.0 Å². The molecule has 1 N–H and O–H groups in total. The van der Waals surface area contributed by atoms with Gasteiger partial charge in [0.2, 0.25) is 0 Å². The van der Waals surface area contributed by atoms with Crippen LogP contribution in [0.3, 0.4) is 0 Å². The van der Waals surface area contributed by atoms with Crippen molar-refractivity contribution < 1.29 is 14.3 Å². The SMILES string of the molecule is CC(C)Oc1ccc(/C=C2/NC(=O)N(c3cccc(Cl)c3)C2=O)cc1Cl. The minimum atomic E-state index is -0.533. The summed E-state index contributed by atoms with van der Waals surface area (Å²) >= 11 is 12.2. The zero-order chi connectivity index (χ0) is 18.8. The van der Waals surface area contributed by atoms with Crippen molar-refractivity contribution in [3.8, 4) is 5.75 Å². The zero-order valence-electron chi connectivity index (χ0n) is 14.1. The highest BCUT2D eigenvalue weighted by Crippen LogP contribution is 2.29. The Balaban J connectivity index is 1.87. The number of urea groups is 1. The van der Waals surface area contributed by atoms with Gasteiger partial charge in [-0.05, 0) is 55.8 Å². The first-order chi connectivity index (χ1) is 12.3. The molecule has 1 saturated heterocycles. The Morgan fingerprint density at radius 1 is 1.12 bits per heavy atom. The summed E-state index contributed by atoms with van der Waals surface area (Å²) in [5, 5.41) is 3.43. The highest BCUT2D eigenvalue weighted by atomic mass is 35.5. The number of ether oxygens (including phenoxy) is 1. The van der Waals surface area contributed by atoms with Gasteiger partial charge in [0.1, 0.15) is 11.4 Å². The van der Waals surface area contributed by atoms with Crippen LogP contribution in [0.5, 0.6) is 5.75 Å². The van der Waals surface area contributed by atoms with Crippen LogP contribution in [0.15, 0.2) is 48.2 Å². The lowest BCUT2D eigenvalue weighted by Gasteiger charge is -2.12. The monoisotopic (exact) mass is 390 g/mol. The lowest BCUT2D eigenvalue weighted by Crippen LogP contribution is -2.30. The lowest BCUT2D eigenvalue weighted by atomic mass is 10.1. The second-order valence-electron chi connectivity index (χ2n) is 5.97. The van der Waals surface area contributed by atoms with E-state index in [4.69, 9.17) is 27.9 Å². The molecular formula is C19H16Cl2N2O3. The third-order valence-electron chi connectivity index (χ3n) is 3.57. The second kappa shape index (κ2) is 7.40. The van der Waals surface area contributed by atoms with E-state index in [0.717, 1.165) is 4.90 Å². The van der Waals surface area contributed by atoms with Crippen LogP contribution in [0.1, 0.15) is 19.4 Å². The molecule has 1 aliphatic rings. The number of imide groups is 1. The Kier molecular flexibility index (Phi) is 5.20. The molecule has 5 nitrogen and oxygen atoms in total. The first-order valence-corrected chi connectivity index (χ1v) is 8.69. The molecule has 2 aromatic carbocycles. The summed E-state index contributed by atoms with van der Waals surface area (Å²) in [6, 6.07) is 11.2. The van der Waals surface area contributed by atoms with E-state index in [0.29, 0.717) is 27.0 Å². The number of hydrogen-bond donors (Lipinski definition) is 1. The number of amides is 3. The summed E-state index contributed by atoms with van der Waals surface area (Å²) in [6.45, 7) is 3.81. The maximum atomic E-state index is 12.6. The van der Waals surface area contributed by atoms with Gasteiger partial charge >= 0.3 is 6.03 Å². The first kappa shape index (κ1) is 18.3. The fourth-order valence-electron chi connectivity index (χ4n) is 2.51. The summed E-state index contributed by atoms with van der Waals surface area (Å²) in [7, 11) is 0. The summed E-state index contributed by atoms with van der Waals surface area (Å²) in [6.07, 6.45) is 1.56. The predicted molar refractivity (Wildman–Crippen MR) is 103 cm³/mol. The summed E-state index contributed by atoms with van der Waals surface area (Å²) in [5.74, 6) is 0.0991. The predicted octanol–water partition coefficient (Wildman–Crippen LogP) is 4.88. The number of carbonyl (C=O) groups is 2. The number of anilines is 1. The third-order valence-corrected chi connectivity index (χ3v) is 4.10. The van der Waals surface area contributed by atoms with E-state index in [1.807, 2.05) is 13.8 Å². The topological polar surface area (TPSA) is 58.6 Å². The minimum Gasteiger partial charge on any atom is -0.489 e. The van der Waals surface area contributed by atoms with Gasteiger partial charge in [-0.15, -0.1) is 0 Å². The lowest BCUT2D eigenvalue weighted by molar-refractivity contribution is -0.113. The van der Waals surface area contributed by atoms with Crippen LogP contribution in [-0.2, 0) is 4.79 Å². The van der Waals surface area contributed by atoms with Crippen molar-refractivity contribution in [1.29, 1.82) is 0 Å². The van der Waals surface area contributed by atoms with Crippen LogP contribution < -0.4 is 15.0 Å². The summed E-state index contributed by atoms with van der Waals surface area (Å²) in [4.78, 5) is 25.8. The van der Waals surface area contributed by atoms with E-state index in [9.17, 15) is 9.59 Å². The molecule has 0 spiro atoms. The molecule has 134 valence electrons. The molecule has 0 radical (unpaired) electrons. The Morgan fingerprint density at radius 3 is 2.54 bits per heavy atom. The Morgan fingerprint density at radius 2 is 1.88 bits per heavy atom. The Labute approximate surface area is 161 Å². The van der Waals surface area contributed by atoms with Crippen molar-refractivity contribution in [3.63, 3.8) is 0 Å². The van der Waals surface area contributed by atoms with Crippen molar-refractivity contribution >= 4 is 46.9 Å². The number of nitrogens with zero attached hydrogens (tertiary/aromatic N) is 1. The van der Waals surface area contributed by atoms with E-state index in [1.165, 1.54) is 0 Å². The van der Waals surface area contributed by atoms with Gasteiger partial charge < -0.3 is 10.1 Å². The van der Waals surface area contributed by atoms with E-state index in [-0.39, 0.29) is 11.8 Å². The average molecular weight is 391 g/mol. The van der Waals surface area contributed by atoms with E-state index in [2.05, 4.69) is 5.32 Å². The van der Waals surface area contributed by atoms with Crippen molar-refractivity contribution in [1.82, 2.24) is 5.32 Å². The summed E-state index contributed by atoms with van der Waals surface area (Å²) < 4.78 is 5.58. The van der Waals surface area contributed by atoms with E-state index < -0.39 is 11.9 Å². The molecule has 2 aromatic rings. The standard InChI is InChI=1S/C19H16Cl2N2O3/c1-11(2)26-17-7-6-12(8-15(17)21)9-16-18(24)23(19(25)22-16)14-5-3-4-13(20)10-14/h3-11H,1-2H3,(H,22,25)/b16-9+. The zero-order valence-corrected chi connectivity index (χ0v) is 15.6. The number of halogens is 2. The highest BCUT2D eigenvalue weighted by molar-refractivity contribution is 6.33. The fraction of sp³-hybridized carbons (Fsp3) is 0.158. The van der Waals surface area contributed by atoms with E-state index in [1.54, 1.807) is 48.5 Å². The molecule has 7 heteroatoms. The maximum Gasteiger partial charge on any atom is 0.333 e. The molecule has 0 bridgehead atoms. The summed E-state index contributed by atoms with van der Waals surface area (Å²) in [5.41, 5.74) is 1.23. The largest absolute Gasteiger partial charge is 0.489 e. The Hall–Kier alpha value is -2.50. The van der Waals surface area contributed by atoms with Gasteiger partial charge in [-0.25, -0.2) is 9.69 Å². The molecule has 0 aliphatic carbocycles. The van der Waals surface area contributed by atoms with Crippen LogP contribution >= 0.6 is 23.2 Å². The molecule has 26 heavy (non-hydrogen) atoms.